The Bertz CT molecular complexity index is 942. The van der Waals surface area contributed by atoms with E-state index in [0.29, 0.717) is 13.0 Å². The normalized spacial score (nSPS) is 22.4. The highest BCUT2D eigenvalue weighted by molar-refractivity contribution is 5.92. The molecule has 3 atom stereocenters. The number of benzene rings is 2. The van der Waals surface area contributed by atoms with Crippen LogP contribution in [-0.4, -0.2) is 34.3 Å². The molecule has 0 spiro atoms. The van der Waals surface area contributed by atoms with E-state index in [2.05, 4.69) is 70.6 Å². The van der Waals surface area contributed by atoms with Gasteiger partial charge in [0, 0.05) is 38.0 Å². The Morgan fingerprint density at radius 2 is 1.54 bits per heavy atom. The summed E-state index contributed by atoms with van der Waals surface area (Å²) in [5, 5.41) is 6.32. The molecular formula is C30H41N3O2. The molecule has 1 aliphatic carbocycles. The zero-order valence-corrected chi connectivity index (χ0v) is 21.7. The van der Waals surface area contributed by atoms with Crippen molar-refractivity contribution in [3.8, 4) is 0 Å². The molecule has 0 unspecified atom stereocenters. The van der Waals surface area contributed by atoms with Crippen molar-refractivity contribution in [3.63, 3.8) is 0 Å². The smallest absolute Gasteiger partial charge is 0.246 e. The SMILES string of the molecule is C=C[C@@H]1CC[C@H](CN(Cc2ccccc2)Cc2ccccc2)[C@@](NC(C)=O)(C(=O)NC(C)(C)C)C1. The van der Waals surface area contributed by atoms with E-state index in [1.807, 2.05) is 39.0 Å². The molecule has 0 saturated heterocycles. The summed E-state index contributed by atoms with van der Waals surface area (Å²) >= 11 is 0. The maximum absolute atomic E-state index is 13.9. The third kappa shape index (κ3) is 7.53. The van der Waals surface area contributed by atoms with Crippen LogP contribution in [0.4, 0.5) is 0 Å². The van der Waals surface area contributed by atoms with Crippen LogP contribution in [0, 0.1) is 11.8 Å². The Morgan fingerprint density at radius 3 is 2.00 bits per heavy atom. The van der Waals surface area contributed by atoms with Crippen LogP contribution in [-0.2, 0) is 22.7 Å². The van der Waals surface area contributed by atoms with E-state index in [-0.39, 0.29) is 23.7 Å². The number of carbonyl (C=O) groups excluding carboxylic acids is 2. The molecule has 1 saturated carbocycles. The molecule has 0 aromatic heterocycles. The monoisotopic (exact) mass is 475 g/mol. The first-order valence-electron chi connectivity index (χ1n) is 12.7. The van der Waals surface area contributed by atoms with Gasteiger partial charge in [-0.3, -0.25) is 14.5 Å². The molecular weight excluding hydrogens is 434 g/mol. The van der Waals surface area contributed by atoms with Gasteiger partial charge in [0.25, 0.3) is 0 Å². The molecule has 0 radical (unpaired) electrons. The molecule has 35 heavy (non-hydrogen) atoms. The summed E-state index contributed by atoms with van der Waals surface area (Å²) in [4.78, 5) is 28.7. The Hall–Kier alpha value is -2.92. The molecule has 2 aromatic carbocycles. The molecule has 5 nitrogen and oxygen atoms in total. The van der Waals surface area contributed by atoms with Crippen molar-refractivity contribution in [1.82, 2.24) is 15.5 Å². The second-order valence-corrected chi connectivity index (χ2v) is 11.0. The fourth-order valence-electron chi connectivity index (χ4n) is 5.23. The molecule has 2 aromatic rings. The van der Waals surface area contributed by atoms with Crippen LogP contribution in [0.1, 0.15) is 58.1 Å². The lowest BCUT2D eigenvalue weighted by molar-refractivity contribution is -0.139. The number of rotatable bonds is 9. The van der Waals surface area contributed by atoms with Crippen LogP contribution in [0.5, 0.6) is 0 Å². The van der Waals surface area contributed by atoms with Gasteiger partial charge in [-0.15, -0.1) is 6.58 Å². The number of nitrogens with one attached hydrogen (secondary N) is 2. The van der Waals surface area contributed by atoms with E-state index >= 15 is 0 Å². The standard InChI is InChI=1S/C30H41N3O2/c1-6-24-17-18-27(30(19-24,31-23(2)34)28(35)32-29(3,4)5)22-33(20-25-13-9-7-10-14-25)21-26-15-11-8-12-16-26/h6-16,24,27H,1,17-22H2,2-5H3,(H,31,34)(H,32,35)/t24-,27-,30-/m1/s1. The van der Waals surface area contributed by atoms with Gasteiger partial charge in [-0.2, -0.15) is 0 Å². The highest BCUT2D eigenvalue weighted by Crippen LogP contribution is 2.39. The summed E-state index contributed by atoms with van der Waals surface area (Å²) in [6.45, 7) is 13.7. The number of carbonyl (C=O) groups is 2. The molecule has 1 fully saturated rings. The van der Waals surface area contributed by atoms with Crippen molar-refractivity contribution in [2.75, 3.05) is 6.54 Å². The fourth-order valence-corrected chi connectivity index (χ4v) is 5.23. The van der Waals surface area contributed by atoms with E-state index in [0.717, 1.165) is 25.9 Å². The first-order chi connectivity index (χ1) is 16.6. The first kappa shape index (κ1) is 26.7. The number of hydrogen-bond donors (Lipinski definition) is 2. The first-order valence-corrected chi connectivity index (χ1v) is 12.7. The average Bonchev–Trinajstić information content (AvgIpc) is 2.80. The van der Waals surface area contributed by atoms with Gasteiger partial charge in [0.1, 0.15) is 5.54 Å². The summed E-state index contributed by atoms with van der Waals surface area (Å²) < 4.78 is 0. The van der Waals surface area contributed by atoms with E-state index in [4.69, 9.17) is 0 Å². The van der Waals surface area contributed by atoms with Crippen LogP contribution in [0.25, 0.3) is 0 Å². The fraction of sp³-hybridized carbons (Fsp3) is 0.467. The largest absolute Gasteiger partial charge is 0.349 e. The third-order valence-electron chi connectivity index (χ3n) is 6.77. The van der Waals surface area contributed by atoms with Crippen LogP contribution in [0.15, 0.2) is 73.3 Å². The minimum Gasteiger partial charge on any atom is -0.349 e. The molecule has 3 rings (SSSR count). The van der Waals surface area contributed by atoms with Gasteiger partial charge in [-0.25, -0.2) is 0 Å². The van der Waals surface area contributed by atoms with E-state index < -0.39 is 11.1 Å². The lowest BCUT2D eigenvalue weighted by atomic mass is 9.67. The van der Waals surface area contributed by atoms with Crippen molar-refractivity contribution in [2.24, 2.45) is 11.8 Å². The molecule has 0 heterocycles. The molecule has 5 heteroatoms. The van der Waals surface area contributed by atoms with Gasteiger partial charge >= 0.3 is 0 Å². The highest BCUT2D eigenvalue weighted by atomic mass is 16.2. The lowest BCUT2D eigenvalue weighted by Gasteiger charge is -2.48. The lowest BCUT2D eigenvalue weighted by Crippen LogP contribution is -2.68. The second kappa shape index (κ2) is 11.7. The van der Waals surface area contributed by atoms with E-state index in [1.54, 1.807) is 0 Å². The van der Waals surface area contributed by atoms with Crippen molar-refractivity contribution in [2.45, 2.75) is 71.1 Å². The van der Waals surface area contributed by atoms with E-state index in [9.17, 15) is 9.59 Å². The zero-order chi connectivity index (χ0) is 25.5. The number of allylic oxidation sites excluding steroid dienone is 1. The zero-order valence-electron chi connectivity index (χ0n) is 21.7. The highest BCUT2D eigenvalue weighted by Gasteiger charge is 2.50. The summed E-state index contributed by atoms with van der Waals surface area (Å²) in [6.07, 6.45) is 4.30. The number of nitrogens with zero attached hydrogens (tertiary/aromatic N) is 1. The molecule has 1 aliphatic rings. The maximum Gasteiger partial charge on any atom is 0.246 e. The molecule has 0 bridgehead atoms. The second-order valence-electron chi connectivity index (χ2n) is 11.0. The minimum absolute atomic E-state index is 0.0302. The topological polar surface area (TPSA) is 61.4 Å². The van der Waals surface area contributed by atoms with E-state index in [1.165, 1.54) is 18.1 Å². The van der Waals surface area contributed by atoms with Gasteiger partial charge in [0.2, 0.25) is 11.8 Å². The molecule has 2 N–H and O–H groups in total. The average molecular weight is 476 g/mol. The third-order valence-corrected chi connectivity index (χ3v) is 6.77. The summed E-state index contributed by atoms with van der Waals surface area (Å²) in [7, 11) is 0. The minimum atomic E-state index is -0.984. The van der Waals surface area contributed by atoms with Crippen molar-refractivity contribution < 1.29 is 9.59 Å². The molecule has 0 aliphatic heterocycles. The van der Waals surface area contributed by atoms with Crippen molar-refractivity contribution in [1.29, 1.82) is 0 Å². The predicted molar refractivity (Wildman–Crippen MR) is 142 cm³/mol. The molecule has 188 valence electrons. The summed E-state index contributed by atoms with van der Waals surface area (Å²) in [5.41, 5.74) is 1.07. The summed E-state index contributed by atoms with van der Waals surface area (Å²) in [6, 6.07) is 20.8. The van der Waals surface area contributed by atoms with Gasteiger partial charge in [0.05, 0.1) is 0 Å². The quantitative estimate of drug-likeness (QED) is 0.497. The van der Waals surface area contributed by atoms with Gasteiger partial charge in [-0.1, -0.05) is 66.7 Å². The number of hydrogen-bond acceptors (Lipinski definition) is 3. The van der Waals surface area contributed by atoms with Crippen molar-refractivity contribution >= 4 is 11.8 Å². The molecule has 2 amide bonds. The predicted octanol–water partition coefficient (Wildman–Crippen LogP) is 5.08. The van der Waals surface area contributed by atoms with Crippen LogP contribution < -0.4 is 10.6 Å². The van der Waals surface area contributed by atoms with Gasteiger partial charge in [-0.05, 0) is 57.1 Å². The summed E-state index contributed by atoms with van der Waals surface area (Å²) in [5.74, 6) is -0.129. The Kier molecular flexibility index (Phi) is 8.90. The van der Waals surface area contributed by atoms with Crippen LogP contribution in [0.3, 0.4) is 0 Å². The maximum atomic E-state index is 13.9. The van der Waals surface area contributed by atoms with Crippen molar-refractivity contribution in [3.05, 3.63) is 84.4 Å². The number of amides is 2. The Balaban J connectivity index is 1.96. The Labute approximate surface area is 211 Å². The van der Waals surface area contributed by atoms with Crippen LogP contribution >= 0.6 is 0 Å². The van der Waals surface area contributed by atoms with Gasteiger partial charge in [0.15, 0.2) is 0 Å². The Morgan fingerprint density at radius 1 is 1.00 bits per heavy atom. The van der Waals surface area contributed by atoms with Crippen LogP contribution in [0.2, 0.25) is 0 Å². The van der Waals surface area contributed by atoms with Gasteiger partial charge < -0.3 is 10.6 Å².